The lowest BCUT2D eigenvalue weighted by Crippen LogP contribution is -2.29. The minimum Gasteiger partial charge on any atom is -0.480 e. The van der Waals surface area contributed by atoms with E-state index in [9.17, 15) is 32.1 Å². The smallest absolute Gasteiger partial charge is 0.341 e. The summed E-state index contributed by atoms with van der Waals surface area (Å²) in [6.45, 7) is 1.84. The van der Waals surface area contributed by atoms with Crippen molar-refractivity contribution in [2.24, 2.45) is 0 Å². The number of hydrogen-bond donors (Lipinski definition) is 2. The molecule has 0 fully saturated rings. The number of hydrogen-bond acceptors (Lipinski definition) is 6. The normalized spacial score (nSPS) is 12.8. The van der Waals surface area contributed by atoms with E-state index >= 15 is 0 Å². The lowest BCUT2D eigenvalue weighted by atomic mass is 10.1. The predicted molar refractivity (Wildman–Crippen MR) is 80.9 cm³/mol. The zero-order valence-corrected chi connectivity index (χ0v) is 13.4. The summed E-state index contributed by atoms with van der Waals surface area (Å²) in [5, 5.41) is 22.6. The number of nitro benzene ring substituents is 1. The second kappa shape index (κ2) is 7.99. The van der Waals surface area contributed by atoms with Crippen LogP contribution in [0.5, 0.6) is 0 Å². The number of anilines is 1. The van der Waals surface area contributed by atoms with Crippen molar-refractivity contribution in [2.45, 2.75) is 42.9 Å². The summed E-state index contributed by atoms with van der Waals surface area (Å²) >= 11 is 0. The number of halogens is 2. The molecular formula is C13H16F2N2O6S. The highest BCUT2D eigenvalue weighted by Crippen LogP contribution is 2.30. The second-order valence-electron chi connectivity index (χ2n) is 4.92. The third-order valence-electron chi connectivity index (χ3n) is 3.20. The van der Waals surface area contributed by atoms with Crippen molar-refractivity contribution in [1.29, 1.82) is 0 Å². The zero-order chi connectivity index (χ0) is 18.5. The summed E-state index contributed by atoms with van der Waals surface area (Å²) in [6.07, 6.45) is 1.45. The Bertz CT molecular complexity index is 723. The maximum absolute atomic E-state index is 12.5. The Morgan fingerprint density at radius 1 is 1.42 bits per heavy atom. The fourth-order valence-corrected chi connectivity index (χ4v) is 2.66. The maximum Gasteiger partial charge on any atom is 0.341 e. The average Bonchev–Trinajstić information content (AvgIpc) is 2.50. The molecule has 0 aliphatic heterocycles. The highest BCUT2D eigenvalue weighted by Gasteiger charge is 2.30. The number of unbranched alkanes of at least 4 members (excludes halogenated alkanes) is 1. The van der Waals surface area contributed by atoms with Gasteiger partial charge in [0.05, 0.1) is 9.82 Å². The van der Waals surface area contributed by atoms with Crippen molar-refractivity contribution in [3.8, 4) is 0 Å². The Kier molecular flexibility index (Phi) is 6.58. The van der Waals surface area contributed by atoms with Gasteiger partial charge in [0.1, 0.15) is 11.7 Å². The third kappa shape index (κ3) is 4.60. The van der Waals surface area contributed by atoms with E-state index in [2.05, 4.69) is 5.32 Å². The van der Waals surface area contributed by atoms with Crippen LogP contribution in [0.3, 0.4) is 0 Å². The quantitative estimate of drug-likeness (QED) is 0.508. The van der Waals surface area contributed by atoms with Gasteiger partial charge in [0, 0.05) is 6.07 Å². The lowest BCUT2D eigenvalue weighted by molar-refractivity contribution is -0.384. The number of carbonyl (C=O) groups is 1. The molecule has 0 radical (unpaired) electrons. The van der Waals surface area contributed by atoms with Gasteiger partial charge in [0.25, 0.3) is 5.69 Å². The molecule has 0 saturated carbocycles. The van der Waals surface area contributed by atoms with Crippen LogP contribution < -0.4 is 5.32 Å². The van der Waals surface area contributed by atoms with Crippen LogP contribution in [0.15, 0.2) is 23.1 Å². The fraction of sp³-hybridized carbons (Fsp3) is 0.462. The van der Waals surface area contributed by atoms with Crippen LogP contribution in [0.25, 0.3) is 0 Å². The zero-order valence-electron chi connectivity index (χ0n) is 12.6. The van der Waals surface area contributed by atoms with E-state index in [-0.39, 0.29) is 12.1 Å². The molecule has 1 aromatic carbocycles. The number of carboxylic acid groups (broad SMARTS) is 1. The van der Waals surface area contributed by atoms with Crippen molar-refractivity contribution in [2.75, 3.05) is 5.32 Å². The van der Waals surface area contributed by atoms with E-state index in [0.717, 1.165) is 12.1 Å². The SMILES string of the molecule is CCCCC(Nc1ccc(S(=O)(=O)C(F)F)cc1[N+](=O)[O-])C(=O)O. The summed E-state index contributed by atoms with van der Waals surface area (Å²) in [7, 11) is -4.99. The number of benzene rings is 1. The molecule has 0 saturated heterocycles. The Balaban J connectivity index is 3.25. The first-order valence-corrected chi connectivity index (χ1v) is 8.45. The van der Waals surface area contributed by atoms with Gasteiger partial charge in [-0.15, -0.1) is 0 Å². The molecule has 11 heteroatoms. The number of nitrogens with zero attached hydrogens (tertiary/aromatic N) is 1. The summed E-state index contributed by atoms with van der Waals surface area (Å²) in [4.78, 5) is 20.4. The van der Waals surface area contributed by atoms with E-state index < -0.39 is 43.1 Å². The van der Waals surface area contributed by atoms with E-state index in [1.165, 1.54) is 0 Å². The number of sulfone groups is 1. The number of alkyl halides is 2. The predicted octanol–water partition coefficient (Wildman–Crippen LogP) is 2.65. The topological polar surface area (TPSA) is 127 Å². The van der Waals surface area contributed by atoms with Crippen LogP contribution in [0.4, 0.5) is 20.2 Å². The lowest BCUT2D eigenvalue weighted by Gasteiger charge is -2.16. The fourth-order valence-electron chi connectivity index (χ4n) is 1.92. The molecule has 8 nitrogen and oxygen atoms in total. The standard InChI is InChI=1S/C13H16F2N2O6S/c1-2-3-4-10(12(18)19)16-9-6-5-8(7-11(9)17(20)21)24(22,23)13(14)15/h5-7,10,13,16H,2-4H2,1H3,(H,18,19). The first kappa shape index (κ1) is 19.7. The van der Waals surface area contributed by atoms with Crippen LogP contribution in [0, 0.1) is 10.1 Å². The molecule has 0 aromatic heterocycles. The van der Waals surface area contributed by atoms with Crippen molar-refractivity contribution in [3.63, 3.8) is 0 Å². The molecule has 0 aliphatic rings. The Labute approximate surface area is 136 Å². The average molecular weight is 366 g/mol. The molecule has 134 valence electrons. The van der Waals surface area contributed by atoms with Crippen LogP contribution in [-0.2, 0) is 14.6 Å². The molecule has 0 amide bonds. The van der Waals surface area contributed by atoms with Crippen molar-refractivity contribution in [3.05, 3.63) is 28.3 Å². The number of aliphatic carboxylic acids is 1. The van der Waals surface area contributed by atoms with E-state index in [1.807, 2.05) is 6.92 Å². The van der Waals surface area contributed by atoms with Crippen LogP contribution in [-0.4, -0.2) is 36.2 Å². The molecular weight excluding hydrogens is 350 g/mol. The van der Waals surface area contributed by atoms with Crippen LogP contribution in [0.1, 0.15) is 26.2 Å². The summed E-state index contributed by atoms with van der Waals surface area (Å²) < 4.78 is 47.9. The summed E-state index contributed by atoms with van der Waals surface area (Å²) in [6, 6.07) is 1.05. The highest BCUT2D eigenvalue weighted by molar-refractivity contribution is 7.91. The van der Waals surface area contributed by atoms with Crippen molar-refractivity contribution >= 4 is 27.2 Å². The number of nitro groups is 1. The van der Waals surface area contributed by atoms with E-state index in [0.29, 0.717) is 18.9 Å². The van der Waals surface area contributed by atoms with Gasteiger partial charge in [-0.2, -0.15) is 8.78 Å². The second-order valence-corrected chi connectivity index (χ2v) is 6.84. The number of carboxylic acids is 1. The molecule has 2 N–H and O–H groups in total. The largest absolute Gasteiger partial charge is 0.480 e. The van der Waals surface area contributed by atoms with Gasteiger partial charge in [0.15, 0.2) is 0 Å². The minimum absolute atomic E-state index is 0.195. The van der Waals surface area contributed by atoms with Gasteiger partial charge in [-0.1, -0.05) is 19.8 Å². The van der Waals surface area contributed by atoms with Gasteiger partial charge in [0.2, 0.25) is 9.84 Å². The van der Waals surface area contributed by atoms with E-state index in [1.54, 1.807) is 0 Å². The summed E-state index contributed by atoms with van der Waals surface area (Å²) in [5.74, 6) is -4.95. The van der Waals surface area contributed by atoms with Crippen molar-refractivity contribution < 1.29 is 32.0 Å². The van der Waals surface area contributed by atoms with E-state index in [4.69, 9.17) is 5.11 Å². The molecule has 0 aliphatic carbocycles. The number of rotatable bonds is 9. The maximum atomic E-state index is 12.5. The first-order chi connectivity index (χ1) is 11.1. The van der Waals surface area contributed by atoms with Gasteiger partial charge in [-0.05, 0) is 18.6 Å². The van der Waals surface area contributed by atoms with Gasteiger partial charge in [-0.3, -0.25) is 10.1 Å². The van der Waals surface area contributed by atoms with Crippen LogP contribution >= 0.6 is 0 Å². The Hall–Kier alpha value is -2.30. The molecule has 0 spiro atoms. The van der Waals surface area contributed by atoms with Crippen molar-refractivity contribution in [1.82, 2.24) is 0 Å². The van der Waals surface area contributed by atoms with Gasteiger partial charge >= 0.3 is 11.7 Å². The van der Waals surface area contributed by atoms with Gasteiger partial charge < -0.3 is 10.4 Å². The molecule has 1 rings (SSSR count). The van der Waals surface area contributed by atoms with Crippen LogP contribution in [0.2, 0.25) is 0 Å². The highest BCUT2D eigenvalue weighted by atomic mass is 32.2. The summed E-state index contributed by atoms with van der Waals surface area (Å²) in [5.41, 5.74) is -1.05. The molecule has 1 unspecified atom stereocenters. The molecule has 1 atom stereocenters. The third-order valence-corrected chi connectivity index (χ3v) is 4.58. The minimum atomic E-state index is -4.99. The molecule has 1 aromatic rings. The molecule has 0 bridgehead atoms. The monoisotopic (exact) mass is 366 g/mol. The van der Waals surface area contributed by atoms with Gasteiger partial charge in [-0.25, -0.2) is 13.2 Å². The Morgan fingerprint density at radius 3 is 2.50 bits per heavy atom. The molecule has 0 heterocycles. The Morgan fingerprint density at radius 2 is 2.04 bits per heavy atom. The number of nitrogens with one attached hydrogen (secondary N) is 1. The molecule has 24 heavy (non-hydrogen) atoms. The first-order valence-electron chi connectivity index (χ1n) is 6.91.